The Kier molecular flexibility index (Phi) is 17.5. The Hall–Kier alpha value is -5.56. The highest BCUT2D eigenvalue weighted by molar-refractivity contribution is 6.05. The minimum atomic E-state index is -1.64. The molecule has 12 N–H and O–H groups in total. The van der Waals surface area contributed by atoms with Gasteiger partial charge in [0.1, 0.15) is 23.5 Å². The first-order chi connectivity index (χ1) is 25.3. The molecule has 20 heteroatoms. The molecular formula is C34H56N12O8. The van der Waals surface area contributed by atoms with Gasteiger partial charge in [-0.1, -0.05) is 13.8 Å². The van der Waals surface area contributed by atoms with E-state index in [0.29, 0.717) is 25.0 Å². The lowest BCUT2D eigenvalue weighted by molar-refractivity contribution is -0.144. The van der Waals surface area contributed by atoms with Crippen molar-refractivity contribution in [1.82, 2.24) is 41.5 Å². The Bertz CT molecular complexity index is 1520. The third-order valence-electron chi connectivity index (χ3n) is 8.81. The minimum absolute atomic E-state index is 0.0741. The minimum Gasteiger partial charge on any atom is -0.370 e. The van der Waals surface area contributed by atoms with Crippen LogP contribution in [-0.2, 0) is 44.9 Å². The van der Waals surface area contributed by atoms with Gasteiger partial charge >= 0.3 is 0 Å². The van der Waals surface area contributed by atoms with Gasteiger partial charge in [0.2, 0.25) is 41.4 Å². The van der Waals surface area contributed by atoms with Crippen LogP contribution in [0.4, 0.5) is 0 Å². The van der Waals surface area contributed by atoms with Crippen LogP contribution in [0.5, 0.6) is 0 Å². The Labute approximate surface area is 314 Å². The zero-order chi connectivity index (χ0) is 40.6. The normalized spacial score (nSPS) is 15.7. The number of carbonyl (C=O) groups excluding carboxylic acids is 8. The molecule has 7 amide bonds. The van der Waals surface area contributed by atoms with Gasteiger partial charge in [-0.3, -0.25) is 43.3 Å². The number of aromatic amines is 1. The molecule has 0 bridgehead atoms. The summed E-state index contributed by atoms with van der Waals surface area (Å²) in [6.45, 7) is 7.82. The highest BCUT2D eigenvalue weighted by Crippen LogP contribution is 2.19. The number of H-pyrrole nitrogens is 1. The molecule has 0 radical (unpaired) electrons. The van der Waals surface area contributed by atoms with E-state index in [2.05, 4.69) is 41.5 Å². The van der Waals surface area contributed by atoms with Crippen molar-refractivity contribution in [2.45, 2.75) is 110 Å². The molecule has 1 aliphatic heterocycles. The summed E-state index contributed by atoms with van der Waals surface area (Å²) in [4.78, 5) is 115. The predicted octanol–water partition coefficient (Wildman–Crippen LogP) is -2.43. The fourth-order valence-electron chi connectivity index (χ4n) is 5.61. The molecule has 1 aromatic rings. The standard InChI is InChI=1S/C34H56N12O8/c1-19(2)14-24(20(3)47)44-29(51)22(8-6-12-39-33(36)37)43-30(52)25-9-7-13-46(25)27(49)17-40-28(50)23(10-11-26(35)48)45-32(54)34(4,5)31(53)41-16-21-15-38-18-42-21/h15,18-19,22-25H,6-14,16-17H2,1-5H3,(H2,35,48)(H,38,42)(H,40,50)(H,41,53)(H,43,52)(H,44,51)(H,45,54)(H4,36,37,39)/t22?,23?,24?,25-/m0/s1. The van der Waals surface area contributed by atoms with Crippen molar-refractivity contribution >= 4 is 53.1 Å². The number of nitrogens with one attached hydrogen (secondary N) is 6. The van der Waals surface area contributed by atoms with Crippen LogP contribution < -0.4 is 43.8 Å². The third-order valence-corrected chi connectivity index (χ3v) is 8.81. The molecule has 0 spiro atoms. The van der Waals surface area contributed by atoms with E-state index in [-0.39, 0.29) is 63.0 Å². The van der Waals surface area contributed by atoms with Crippen molar-refractivity contribution < 1.29 is 38.4 Å². The number of hydrogen-bond donors (Lipinski definition) is 9. The monoisotopic (exact) mass is 760 g/mol. The van der Waals surface area contributed by atoms with Crippen LogP contribution in [0.2, 0.25) is 0 Å². The van der Waals surface area contributed by atoms with Gasteiger partial charge in [0.15, 0.2) is 11.7 Å². The van der Waals surface area contributed by atoms with Gasteiger partial charge < -0.3 is 53.7 Å². The molecule has 1 saturated heterocycles. The van der Waals surface area contributed by atoms with Gasteiger partial charge in [0.25, 0.3) is 0 Å². The van der Waals surface area contributed by atoms with Gasteiger partial charge in [-0.2, -0.15) is 0 Å². The Balaban J connectivity index is 2.10. The maximum Gasteiger partial charge on any atom is 0.243 e. The van der Waals surface area contributed by atoms with E-state index in [9.17, 15) is 38.4 Å². The van der Waals surface area contributed by atoms with Crippen molar-refractivity contribution in [3.63, 3.8) is 0 Å². The number of nitrogens with two attached hydrogens (primary N) is 3. The van der Waals surface area contributed by atoms with Crippen LogP contribution in [0.3, 0.4) is 0 Å². The Morgan fingerprint density at radius 2 is 1.63 bits per heavy atom. The Morgan fingerprint density at radius 3 is 2.22 bits per heavy atom. The molecule has 1 fully saturated rings. The molecule has 2 heterocycles. The molecular weight excluding hydrogens is 704 g/mol. The lowest BCUT2D eigenvalue weighted by Crippen LogP contribution is -2.57. The van der Waals surface area contributed by atoms with Crippen molar-refractivity contribution in [1.29, 1.82) is 0 Å². The topological polar surface area (TPSA) is 319 Å². The van der Waals surface area contributed by atoms with E-state index < -0.39 is 77.5 Å². The van der Waals surface area contributed by atoms with Crippen LogP contribution in [0.25, 0.3) is 0 Å². The summed E-state index contributed by atoms with van der Waals surface area (Å²) in [6.07, 6.45) is 4.06. The Morgan fingerprint density at radius 1 is 0.944 bits per heavy atom. The maximum atomic E-state index is 13.6. The lowest BCUT2D eigenvalue weighted by atomic mass is 9.90. The van der Waals surface area contributed by atoms with Crippen molar-refractivity contribution in [3.8, 4) is 0 Å². The van der Waals surface area contributed by atoms with Gasteiger partial charge in [0, 0.05) is 25.7 Å². The molecule has 4 atom stereocenters. The summed E-state index contributed by atoms with van der Waals surface area (Å²) in [5.74, 6) is -5.03. The highest BCUT2D eigenvalue weighted by atomic mass is 16.2. The zero-order valence-corrected chi connectivity index (χ0v) is 31.7. The summed E-state index contributed by atoms with van der Waals surface area (Å²) in [7, 11) is 0. The molecule has 0 aromatic carbocycles. The number of guanidine groups is 1. The number of primary amides is 1. The number of Topliss-reactive ketones (excluding diaryl/α,β-unsaturated/α-hetero) is 1. The number of amides is 7. The van der Waals surface area contributed by atoms with E-state index in [1.807, 2.05) is 13.8 Å². The number of aliphatic imine (C=N–C) groups is 1. The smallest absolute Gasteiger partial charge is 0.243 e. The van der Waals surface area contributed by atoms with Crippen LogP contribution in [0.1, 0.15) is 85.3 Å². The van der Waals surface area contributed by atoms with Crippen molar-refractivity contribution in [2.24, 2.45) is 33.5 Å². The highest BCUT2D eigenvalue weighted by Gasteiger charge is 2.39. The van der Waals surface area contributed by atoms with Crippen molar-refractivity contribution in [3.05, 3.63) is 18.2 Å². The SMILES string of the molecule is CC(=O)C(CC(C)C)NC(=O)C(CCCN=C(N)N)NC(=O)[C@@H]1CCCN1C(=O)CNC(=O)C(CCC(N)=O)NC(=O)C(C)(C)C(=O)NCc1cnc[nH]1. The quantitative estimate of drug-likeness (QED) is 0.0259. The lowest BCUT2D eigenvalue weighted by Gasteiger charge is -2.28. The van der Waals surface area contributed by atoms with Crippen LogP contribution in [0.15, 0.2) is 17.5 Å². The first kappa shape index (κ1) is 44.6. The number of nitrogens with zero attached hydrogens (tertiary/aromatic N) is 3. The van der Waals surface area contributed by atoms with Crippen LogP contribution in [0, 0.1) is 11.3 Å². The van der Waals surface area contributed by atoms with Crippen LogP contribution in [-0.4, -0.2) is 112 Å². The summed E-state index contributed by atoms with van der Waals surface area (Å²) >= 11 is 0. The van der Waals surface area contributed by atoms with Gasteiger partial charge in [0.05, 0.1) is 31.2 Å². The molecule has 1 aliphatic rings. The molecule has 300 valence electrons. The van der Waals surface area contributed by atoms with Gasteiger partial charge in [-0.15, -0.1) is 0 Å². The second kappa shape index (κ2) is 21.2. The predicted molar refractivity (Wildman–Crippen MR) is 196 cm³/mol. The number of hydrogen-bond acceptors (Lipinski definition) is 10. The molecule has 3 unspecified atom stereocenters. The van der Waals surface area contributed by atoms with E-state index in [1.165, 1.54) is 38.2 Å². The first-order valence-corrected chi connectivity index (χ1v) is 17.9. The van der Waals surface area contributed by atoms with E-state index >= 15 is 0 Å². The number of aromatic nitrogens is 2. The van der Waals surface area contributed by atoms with Gasteiger partial charge in [-0.25, -0.2) is 4.98 Å². The van der Waals surface area contributed by atoms with Gasteiger partial charge in [-0.05, 0) is 65.2 Å². The average Bonchev–Trinajstić information content (AvgIpc) is 3.81. The fourth-order valence-corrected chi connectivity index (χ4v) is 5.61. The van der Waals surface area contributed by atoms with E-state index in [4.69, 9.17) is 17.2 Å². The molecule has 0 aliphatic carbocycles. The van der Waals surface area contributed by atoms with E-state index in [0.717, 1.165) is 0 Å². The second-order valence-corrected chi connectivity index (χ2v) is 14.2. The summed E-state index contributed by atoms with van der Waals surface area (Å²) in [5.41, 5.74) is 15.1. The average molecular weight is 761 g/mol. The molecule has 0 saturated carbocycles. The largest absolute Gasteiger partial charge is 0.370 e. The number of carbonyl (C=O) groups is 8. The number of ketones is 1. The number of likely N-dealkylation sites (tertiary alicyclic amines) is 1. The molecule has 2 rings (SSSR count). The van der Waals surface area contributed by atoms with Crippen LogP contribution >= 0.6 is 0 Å². The zero-order valence-electron chi connectivity index (χ0n) is 31.7. The fraction of sp³-hybridized carbons (Fsp3) is 0.647. The first-order valence-electron chi connectivity index (χ1n) is 17.9. The number of rotatable bonds is 22. The second-order valence-electron chi connectivity index (χ2n) is 14.2. The van der Waals surface area contributed by atoms with Crippen molar-refractivity contribution in [2.75, 3.05) is 19.6 Å². The summed E-state index contributed by atoms with van der Waals surface area (Å²) < 4.78 is 0. The summed E-state index contributed by atoms with van der Waals surface area (Å²) in [6, 6.07) is -4.12. The third kappa shape index (κ3) is 14.5. The molecule has 1 aromatic heterocycles. The van der Waals surface area contributed by atoms with E-state index in [1.54, 1.807) is 0 Å². The summed E-state index contributed by atoms with van der Waals surface area (Å²) in [5, 5.41) is 13.0. The molecule has 20 nitrogen and oxygen atoms in total. The maximum absolute atomic E-state index is 13.6. The number of imidazole rings is 1. The molecule has 54 heavy (non-hydrogen) atoms.